The van der Waals surface area contributed by atoms with Gasteiger partial charge in [0.2, 0.25) is 10.0 Å². The Hall–Kier alpha value is -0.720. The third-order valence-corrected chi connectivity index (χ3v) is 2.13. The molecule has 74 valence electrons. The molecule has 2 N–H and O–H groups in total. The van der Waals surface area contributed by atoms with Gasteiger partial charge in [0.05, 0.1) is 0 Å². The molecule has 1 aromatic carbocycles. The summed E-state index contributed by atoms with van der Waals surface area (Å²) in [6.45, 7) is 0. The number of sulfonamides is 1. The number of hydrogen-bond acceptors (Lipinski definition) is 2. The standard InChI is InChI=1S/C6H5F2NO2S.ClH/c7-4-1-2-5(8)6(3-4)12(9,10)11;/h1-3H,(H2,9,10,11);1H. The van der Waals surface area contributed by atoms with Crippen LogP contribution < -0.4 is 5.14 Å². The molecule has 7 heteroatoms. The number of rotatable bonds is 1. The van der Waals surface area contributed by atoms with Gasteiger partial charge in [0, 0.05) is 0 Å². The predicted octanol–water partition coefficient (Wildman–Crippen LogP) is 1.03. The fraction of sp³-hybridized carbons (Fsp3) is 0. The molecule has 0 aliphatic rings. The highest BCUT2D eigenvalue weighted by molar-refractivity contribution is 7.89. The zero-order valence-electron chi connectivity index (χ0n) is 6.20. The number of hydrogen-bond donors (Lipinski definition) is 1. The molecule has 13 heavy (non-hydrogen) atoms. The number of benzene rings is 1. The lowest BCUT2D eigenvalue weighted by Crippen LogP contribution is -2.14. The van der Waals surface area contributed by atoms with Crippen LogP contribution in [0.1, 0.15) is 0 Å². The Bertz CT molecular complexity index is 407. The van der Waals surface area contributed by atoms with Crippen molar-refractivity contribution in [3.05, 3.63) is 29.8 Å². The average Bonchev–Trinajstić information content (AvgIpc) is 1.92. The second-order valence-corrected chi connectivity index (χ2v) is 3.65. The molecule has 0 saturated carbocycles. The normalized spacial score (nSPS) is 10.7. The Morgan fingerprint density at radius 2 is 1.77 bits per heavy atom. The van der Waals surface area contributed by atoms with Crippen molar-refractivity contribution in [2.24, 2.45) is 5.14 Å². The van der Waals surface area contributed by atoms with Gasteiger partial charge in [-0.3, -0.25) is 0 Å². The molecule has 0 aliphatic carbocycles. The SMILES string of the molecule is Cl.NS(=O)(=O)c1cc(F)ccc1F. The van der Waals surface area contributed by atoms with E-state index in [1.165, 1.54) is 0 Å². The van der Waals surface area contributed by atoms with E-state index >= 15 is 0 Å². The fourth-order valence-electron chi connectivity index (χ4n) is 0.695. The fourth-order valence-corrected chi connectivity index (χ4v) is 1.31. The first-order chi connectivity index (χ1) is 5.41. The van der Waals surface area contributed by atoms with Gasteiger partial charge in [-0.1, -0.05) is 0 Å². The molecule has 0 saturated heterocycles. The van der Waals surface area contributed by atoms with Gasteiger partial charge >= 0.3 is 0 Å². The first kappa shape index (κ1) is 12.3. The van der Waals surface area contributed by atoms with Crippen LogP contribution in [-0.4, -0.2) is 8.42 Å². The highest BCUT2D eigenvalue weighted by Gasteiger charge is 2.14. The van der Waals surface area contributed by atoms with E-state index < -0.39 is 26.6 Å². The molecule has 1 rings (SSSR count). The molecule has 0 bridgehead atoms. The van der Waals surface area contributed by atoms with Gasteiger partial charge in [-0.25, -0.2) is 22.3 Å². The van der Waals surface area contributed by atoms with Gasteiger partial charge in [-0.2, -0.15) is 0 Å². The van der Waals surface area contributed by atoms with Crippen molar-refractivity contribution in [3.63, 3.8) is 0 Å². The van der Waals surface area contributed by atoms with Crippen LogP contribution in [0.4, 0.5) is 8.78 Å². The van der Waals surface area contributed by atoms with Crippen molar-refractivity contribution in [1.29, 1.82) is 0 Å². The van der Waals surface area contributed by atoms with Crippen LogP contribution in [0.5, 0.6) is 0 Å². The van der Waals surface area contributed by atoms with Crippen LogP contribution in [0.15, 0.2) is 23.1 Å². The summed E-state index contributed by atoms with van der Waals surface area (Å²) in [5, 5.41) is 4.59. The summed E-state index contributed by atoms with van der Waals surface area (Å²) in [7, 11) is -4.17. The Labute approximate surface area is 80.0 Å². The second kappa shape index (κ2) is 3.99. The maximum Gasteiger partial charge on any atom is 0.241 e. The molecule has 0 aromatic heterocycles. The molecule has 0 radical (unpaired) electrons. The van der Waals surface area contributed by atoms with E-state index in [1.807, 2.05) is 0 Å². The van der Waals surface area contributed by atoms with E-state index in [2.05, 4.69) is 5.14 Å². The molecular formula is C6H6ClF2NO2S. The highest BCUT2D eigenvalue weighted by atomic mass is 35.5. The lowest BCUT2D eigenvalue weighted by Gasteiger charge is -1.98. The van der Waals surface area contributed by atoms with Crippen LogP contribution in [0.2, 0.25) is 0 Å². The predicted molar refractivity (Wildman–Crippen MR) is 45.0 cm³/mol. The van der Waals surface area contributed by atoms with E-state index in [9.17, 15) is 17.2 Å². The van der Waals surface area contributed by atoms with Crippen molar-refractivity contribution in [2.45, 2.75) is 4.90 Å². The van der Waals surface area contributed by atoms with Crippen molar-refractivity contribution in [3.8, 4) is 0 Å². The van der Waals surface area contributed by atoms with E-state index in [0.717, 1.165) is 6.07 Å². The van der Waals surface area contributed by atoms with Gasteiger partial charge in [0.1, 0.15) is 16.5 Å². The molecule has 0 atom stereocenters. The molecule has 0 unspecified atom stereocenters. The summed E-state index contributed by atoms with van der Waals surface area (Å²) in [5.41, 5.74) is 0. The summed E-state index contributed by atoms with van der Waals surface area (Å²) in [5.74, 6) is -1.90. The summed E-state index contributed by atoms with van der Waals surface area (Å²) >= 11 is 0. The summed E-state index contributed by atoms with van der Waals surface area (Å²) in [6.07, 6.45) is 0. The van der Waals surface area contributed by atoms with Gasteiger partial charge in [-0.05, 0) is 18.2 Å². The average molecular weight is 230 g/mol. The molecule has 0 fully saturated rings. The second-order valence-electron chi connectivity index (χ2n) is 2.12. The minimum atomic E-state index is -4.17. The van der Waals surface area contributed by atoms with Crippen LogP contribution in [-0.2, 0) is 10.0 Å². The van der Waals surface area contributed by atoms with E-state index in [0.29, 0.717) is 12.1 Å². The Morgan fingerprint density at radius 1 is 1.23 bits per heavy atom. The van der Waals surface area contributed by atoms with Crippen LogP contribution >= 0.6 is 12.4 Å². The van der Waals surface area contributed by atoms with Crippen LogP contribution in [0.25, 0.3) is 0 Å². The van der Waals surface area contributed by atoms with Crippen molar-refractivity contribution < 1.29 is 17.2 Å². The molecule has 0 aliphatic heterocycles. The number of nitrogens with two attached hydrogens (primary N) is 1. The first-order valence-electron chi connectivity index (χ1n) is 2.89. The largest absolute Gasteiger partial charge is 0.241 e. The quantitative estimate of drug-likeness (QED) is 0.782. The zero-order chi connectivity index (χ0) is 9.35. The molecule has 3 nitrogen and oxygen atoms in total. The van der Waals surface area contributed by atoms with Crippen molar-refractivity contribution >= 4 is 22.4 Å². The molecule has 0 heterocycles. The van der Waals surface area contributed by atoms with Crippen molar-refractivity contribution in [1.82, 2.24) is 0 Å². The highest BCUT2D eigenvalue weighted by Crippen LogP contribution is 2.13. The minimum Gasteiger partial charge on any atom is -0.225 e. The van der Waals surface area contributed by atoms with Gasteiger partial charge in [-0.15, -0.1) is 12.4 Å². The van der Waals surface area contributed by atoms with E-state index in [-0.39, 0.29) is 12.4 Å². The molecule has 0 spiro atoms. The Balaban J connectivity index is 0.00000144. The van der Waals surface area contributed by atoms with E-state index in [1.54, 1.807) is 0 Å². The summed E-state index contributed by atoms with van der Waals surface area (Å²) < 4.78 is 46.2. The third kappa shape index (κ3) is 2.91. The van der Waals surface area contributed by atoms with Crippen molar-refractivity contribution in [2.75, 3.05) is 0 Å². The van der Waals surface area contributed by atoms with E-state index in [4.69, 9.17) is 0 Å². The molecule has 1 aromatic rings. The smallest absolute Gasteiger partial charge is 0.225 e. The zero-order valence-corrected chi connectivity index (χ0v) is 7.83. The molecule has 0 amide bonds. The maximum absolute atomic E-state index is 12.6. The Kier molecular flexibility index (Phi) is 3.77. The minimum absolute atomic E-state index is 0. The van der Waals surface area contributed by atoms with Gasteiger partial charge < -0.3 is 0 Å². The van der Waals surface area contributed by atoms with Gasteiger partial charge in [0.15, 0.2) is 0 Å². The summed E-state index contributed by atoms with van der Waals surface area (Å²) in [4.78, 5) is -0.831. The first-order valence-corrected chi connectivity index (χ1v) is 4.44. The maximum atomic E-state index is 12.6. The number of primary sulfonamides is 1. The van der Waals surface area contributed by atoms with Crippen LogP contribution in [0, 0.1) is 11.6 Å². The lowest BCUT2D eigenvalue weighted by atomic mass is 10.3. The van der Waals surface area contributed by atoms with Crippen LogP contribution in [0.3, 0.4) is 0 Å². The topological polar surface area (TPSA) is 60.2 Å². The Morgan fingerprint density at radius 3 is 2.15 bits per heavy atom. The molecular weight excluding hydrogens is 224 g/mol. The van der Waals surface area contributed by atoms with Gasteiger partial charge in [0.25, 0.3) is 0 Å². The number of halogens is 3. The summed E-state index contributed by atoms with van der Waals surface area (Å²) in [6, 6.07) is 2.05. The lowest BCUT2D eigenvalue weighted by molar-refractivity contribution is 0.554. The monoisotopic (exact) mass is 229 g/mol. The third-order valence-electron chi connectivity index (χ3n) is 1.20.